The van der Waals surface area contributed by atoms with Crippen LogP contribution in [0.15, 0.2) is 29.9 Å². The molecule has 1 aliphatic rings. The second kappa shape index (κ2) is 9.48. The van der Waals surface area contributed by atoms with Crippen LogP contribution in [-0.4, -0.2) is 39.3 Å². The number of nitrogens with zero attached hydrogens (tertiary/aromatic N) is 2. The molecule has 0 fully saturated rings. The van der Waals surface area contributed by atoms with Gasteiger partial charge in [0.1, 0.15) is 11.5 Å². The highest BCUT2D eigenvalue weighted by molar-refractivity contribution is 6.44. The minimum absolute atomic E-state index is 0.0445. The largest absolute Gasteiger partial charge is 0.394 e. The van der Waals surface area contributed by atoms with Gasteiger partial charge >= 0.3 is 0 Å². The van der Waals surface area contributed by atoms with Crippen molar-refractivity contribution in [2.24, 2.45) is 23.2 Å². The highest BCUT2D eigenvalue weighted by Gasteiger charge is 2.35. The molecule has 0 radical (unpaired) electrons. The molecule has 29 heavy (non-hydrogen) atoms. The average Bonchev–Trinajstić information content (AvgIpc) is 2.65. The van der Waals surface area contributed by atoms with Gasteiger partial charge in [-0.25, -0.2) is 4.98 Å². The third-order valence-electron chi connectivity index (χ3n) is 5.72. The number of rotatable bonds is 7. The van der Waals surface area contributed by atoms with Gasteiger partial charge in [0.2, 0.25) is 0 Å². The number of aliphatic hydroxyl groups excluding tert-OH is 1. The first-order chi connectivity index (χ1) is 13.6. The third-order valence-corrected chi connectivity index (χ3v) is 5.72. The lowest BCUT2D eigenvalue weighted by Crippen LogP contribution is -2.49. The fourth-order valence-corrected chi connectivity index (χ4v) is 3.78. The number of nitrogens with one attached hydrogen (secondary N) is 3. The van der Waals surface area contributed by atoms with Crippen molar-refractivity contribution in [1.29, 1.82) is 5.41 Å². The van der Waals surface area contributed by atoms with E-state index < -0.39 is 11.9 Å². The summed E-state index contributed by atoms with van der Waals surface area (Å²) >= 11 is 0. The van der Waals surface area contributed by atoms with Crippen molar-refractivity contribution in [2.45, 2.75) is 60.4 Å². The summed E-state index contributed by atoms with van der Waals surface area (Å²) in [7, 11) is 0. The zero-order valence-electron chi connectivity index (χ0n) is 18.4. The molecule has 3 atom stereocenters. The van der Waals surface area contributed by atoms with Crippen LogP contribution < -0.4 is 10.6 Å². The molecule has 1 aromatic heterocycles. The summed E-state index contributed by atoms with van der Waals surface area (Å²) in [6.45, 7) is 12.1. The summed E-state index contributed by atoms with van der Waals surface area (Å²) in [5.41, 5.74) is 1.26. The smallest absolute Gasteiger partial charge is 0.269 e. The van der Waals surface area contributed by atoms with Gasteiger partial charge in [-0.15, -0.1) is 0 Å². The molecular weight excluding hydrogens is 366 g/mol. The minimum Gasteiger partial charge on any atom is -0.394 e. The zero-order chi connectivity index (χ0) is 21.8. The van der Waals surface area contributed by atoms with Crippen molar-refractivity contribution in [2.75, 3.05) is 11.9 Å². The van der Waals surface area contributed by atoms with Gasteiger partial charge in [0.15, 0.2) is 0 Å². The first-order valence-corrected chi connectivity index (χ1v) is 10.3. The Kier molecular flexibility index (Phi) is 7.52. The number of amides is 1. The molecule has 0 spiro atoms. The first-order valence-electron chi connectivity index (χ1n) is 10.3. The van der Waals surface area contributed by atoms with Crippen LogP contribution in [0.5, 0.6) is 0 Å². The maximum atomic E-state index is 12.9. The van der Waals surface area contributed by atoms with Gasteiger partial charge in [-0.3, -0.25) is 15.2 Å². The van der Waals surface area contributed by atoms with E-state index in [2.05, 4.69) is 41.4 Å². The zero-order valence-corrected chi connectivity index (χ0v) is 18.4. The van der Waals surface area contributed by atoms with E-state index in [0.717, 1.165) is 24.1 Å². The van der Waals surface area contributed by atoms with Crippen LogP contribution in [0.1, 0.15) is 54.4 Å². The maximum absolute atomic E-state index is 12.9. The molecular formula is C22H35N5O2. The fraction of sp³-hybridized carbons (Fsp3) is 0.636. The summed E-state index contributed by atoms with van der Waals surface area (Å²) in [6.07, 6.45) is 6.78. The molecule has 0 bridgehead atoms. The Morgan fingerprint density at radius 3 is 2.52 bits per heavy atom. The second-order valence-corrected chi connectivity index (χ2v) is 9.32. The van der Waals surface area contributed by atoms with Gasteiger partial charge in [0, 0.05) is 29.6 Å². The molecule has 1 heterocycles. The molecule has 1 aromatic rings. The molecule has 4 N–H and O–H groups in total. The normalized spacial score (nSPS) is 21.1. The van der Waals surface area contributed by atoms with Gasteiger partial charge in [0.25, 0.3) is 5.91 Å². The van der Waals surface area contributed by atoms with Gasteiger partial charge < -0.3 is 15.7 Å². The van der Waals surface area contributed by atoms with Gasteiger partial charge in [-0.2, -0.15) is 0 Å². The molecule has 7 nitrogen and oxygen atoms in total. The Morgan fingerprint density at radius 1 is 1.31 bits per heavy atom. The molecule has 1 amide bonds. The predicted octanol–water partition coefficient (Wildman–Crippen LogP) is 3.39. The van der Waals surface area contributed by atoms with E-state index in [1.54, 1.807) is 18.6 Å². The van der Waals surface area contributed by atoms with Crippen molar-refractivity contribution in [3.8, 4) is 0 Å². The summed E-state index contributed by atoms with van der Waals surface area (Å²) < 4.78 is 0. The fourth-order valence-electron chi connectivity index (χ4n) is 3.78. The number of carbonyl (C=O) groups is 1. The molecule has 0 saturated heterocycles. The molecule has 7 heteroatoms. The number of carbonyl (C=O) groups excluding carboxylic acids is 1. The first kappa shape index (κ1) is 23.0. The highest BCUT2D eigenvalue weighted by atomic mass is 16.3. The predicted molar refractivity (Wildman–Crippen MR) is 116 cm³/mol. The summed E-state index contributed by atoms with van der Waals surface area (Å²) in [4.78, 5) is 21.4. The van der Waals surface area contributed by atoms with Crippen LogP contribution in [0.3, 0.4) is 0 Å². The topological polar surface area (TPSA) is 111 Å². The lowest BCUT2D eigenvalue weighted by atomic mass is 9.74. The van der Waals surface area contributed by atoms with Crippen molar-refractivity contribution >= 4 is 17.4 Å². The summed E-state index contributed by atoms with van der Waals surface area (Å²) in [5, 5.41) is 24.6. The number of aliphatic hydroxyl groups is 1. The Balaban J connectivity index is 2.42. The SMILES string of the molecule is CC(C)C1CC[C@@H](C)C(C(=N)C(=O)N[C@H](CO)C(C)(C)C)=C1Nc1cnccn1. The van der Waals surface area contributed by atoms with E-state index in [-0.39, 0.29) is 29.6 Å². The number of hydrogen-bond acceptors (Lipinski definition) is 6. The van der Waals surface area contributed by atoms with Gasteiger partial charge in [0.05, 0.1) is 18.8 Å². The Bertz CT molecular complexity index is 752. The van der Waals surface area contributed by atoms with Crippen molar-refractivity contribution in [3.05, 3.63) is 29.9 Å². The Hall–Kier alpha value is -2.28. The second-order valence-electron chi connectivity index (χ2n) is 9.32. The van der Waals surface area contributed by atoms with Crippen LogP contribution in [0.25, 0.3) is 0 Å². The average molecular weight is 402 g/mol. The quantitative estimate of drug-likeness (QED) is 0.523. The maximum Gasteiger partial charge on any atom is 0.269 e. The minimum atomic E-state index is -0.455. The van der Waals surface area contributed by atoms with Crippen LogP contribution in [0.4, 0.5) is 5.82 Å². The molecule has 160 valence electrons. The van der Waals surface area contributed by atoms with E-state index in [0.29, 0.717) is 11.7 Å². The highest BCUT2D eigenvalue weighted by Crippen LogP contribution is 2.39. The van der Waals surface area contributed by atoms with E-state index in [4.69, 9.17) is 5.41 Å². The third kappa shape index (κ3) is 5.63. The molecule has 1 aliphatic carbocycles. The molecule has 2 rings (SSSR count). The van der Waals surface area contributed by atoms with E-state index in [9.17, 15) is 9.90 Å². The van der Waals surface area contributed by atoms with E-state index in [1.807, 2.05) is 20.8 Å². The monoisotopic (exact) mass is 401 g/mol. The summed E-state index contributed by atoms with van der Waals surface area (Å²) in [6, 6.07) is -0.424. The van der Waals surface area contributed by atoms with E-state index in [1.165, 1.54) is 0 Å². The Labute approximate surface area is 173 Å². The lowest BCUT2D eigenvalue weighted by Gasteiger charge is -2.36. The number of allylic oxidation sites excluding steroid dienone is 1. The van der Waals surface area contributed by atoms with Gasteiger partial charge in [-0.05, 0) is 30.1 Å². The van der Waals surface area contributed by atoms with Crippen molar-refractivity contribution in [1.82, 2.24) is 15.3 Å². The number of hydrogen-bond donors (Lipinski definition) is 4. The molecule has 0 saturated carbocycles. The van der Waals surface area contributed by atoms with Gasteiger partial charge in [-0.1, -0.05) is 41.5 Å². The molecule has 0 aliphatic heterocycles. The van der Waals surface area contributed by atoms with Crippen LogP contribution in [-0.2, 0) is 4.79 Å². The lowest BCUT2D eigenvalue weighted by molar-refractivity contribution is -0.116. The number of anilines is 1. The Morgan fingerprint density at radius 2 is 2.00 bits per heavy atom. The van der Waals surface area contributed by atoms with Crippen LogP contribution in [0, 0.1) is 28.6 Å². The summed E-state index contributed by atoms with van der Waals surface area (Å²) in [5.74, 6) is 0.782. The van der Waals surface area contributed by atoms with Crippen LogP contribution >= 0.6 is 0 Å². The van der Waals surface area contributed by atoms with Crippen molar-refractivity contribution < 1.29 is 9.90 Å². The van der Waals surface area contributed by atoms with Crippen LogP contribution in [0.2, 0.25) is 0 Å². The molecule has 1 unspecified atom stereocenters. The molecule has 0 aromatic carbocycles. The van der Waals surface area contributed by atoms with Crippen molar-refractivity contribution in [3.63, 3.8) is 0 Å². The number of aromatic nitrogens is 2. The van der Waals surface area contributed by atoms with E-state index >= 15 is 0 Å². The standard InChI is InChI=1S/C22H35N5O2/c1-13(2)15-8-7-14(3)18(20(15)27-17-11-24-9-10-25-17)19(23)21(29)26-16(12-28)22(4,5)6/h9-11,13-16,23,28H,7-8,12H2,1-6H3,(H,25,27)(H,26,29)/t14-,15?,16-/m1/s1.